The summed E-state index contributed by atoms with van der Waals surface area (Å²) in [5.74, 6) is -0.316. The zero-order valence-corrected chi connectivity index (χ0v) is 19.4. The average molecular weight is 457 g/mol. The molecule has 2 aromatic carbocycles. The highest BCUT2D eigenvalue weighted by Crippen LogP contribution is 2.11. The van der Waals surface area contributed by atoms with Crippen molar-refractivity contribution in [2.75, 3.05) is 0 Å². The number of hydrogen-bond donors (Lipinski definition) is 1. The Labute approximate surface area is 197 Å². The highest BCUT2D eigenvalue weighted by atomic mass is 16.2. The van der Waals surface area contributed by atoms with Crippen molar-refractivity contribution in [1.82, 2.24) is 19.4 Å². The van der Waals surface area contributed by atoms with Crippen molar-refractivity contribution >= 4 is 17.1 Å². The molecule has 0 saturated heterocycles. The van der Waals surface area contributed by atoms with Crippen LogP contribution in [-0.4, -0.2) is 26.1 Å². The third kappa shape index (κ3) is 5.31. The number of aromatic nitrogens is 3. The third-order valence-electron chi connectivity index (χ3n) is 5.87. The summed E-state index contributed by atoms with van der Waals surface area (Å²) in [5.41, 5.74) is 2.59. The van der Waals surface area contributed by atoms with E-state index in [0.29, 0.717) is 11.2 Å². The number of carbonyl (C=O) groups excluding carboxylic acids is 1. The van der Waals surface area contributed by atoms with E-state index >= 15 is 0 Å². The summed E-state index contributed by atoms with van der Waals surface area (Å²) < 4.78 is 2.59. The molecule has 0 aliphatic heterocycles. The normalized spacial score (nSPS) is 11.9. The minimum absolute atomic E-state index is 0.0743. The fourth-order valence-corrected chi connectivity index (χ4v) is 3.99. The average Bonchev–Trinajstić information content (AvgIpc) is 2.85. The molecule has 4 rings (SSSR count). The van der Waals surface area contributed by atoms with E-state index in [1.165, 1.54) is 14.7 Å². The van der Waals surface area contributed by atoms with Gasteiger partial charge in [0.2, 0.25) is 5.91 Å². The lowest BCUT2D eigenvalue weighted by Gasteiger charge is -2.17. The molecule has 7 nitrogen and oxygen atoms in total. The molecule has 7 heteroatoms. The largest absolute Gasteiger partial charge is 0.352 e. The molecule has 0 saturated carbocycles. The highest BCUT2D eigenvalue weighted by molar-refractivity contribution is 5.79. The van der Waals surface area contributed by atoms with Crippen LogP contribution in [0.5, 0.6) is 0 Å². The first-order chi connectivity index (χ1) is 16.4. The van der Waals surface area contributed by atoms with Gasteiger partial charge in [0.25, 0.3) is 0 Å². The number of pyridine rings is 1. The van der Waals surface area contributed by atoms with Gasteiger partial charge in [-0.3, -0.25) is 23.5 Å². The first kappa shape index (κ1) is 23.2. The molecule has 1 atom stereocenters. The zero-order valence-electron chi connectivity index (χ0n) is 19.4. The number of nitrogens with one attached hydrogen (secondary N) is 1. The number of amides is 1. The standard InChI is InChI=1S/C27H28N4O3/c1-19-10-13-22(14-11-19)17-31-25-23(9-6-16-28-25)30(26(33)27(31)34)18-24(32)29-20(2)12-15-21-7-4-3-5-8-21/h3-11,13-14,16,20H,12,15,17-18H2,1-2H3,(H,29,32)/t20-/m0/s1. The van der Waals surface area contributed by atoms with Crippen LogP contribution in [0.25, 0.3) is 11.2 Å². The Morgan fingerprint density at radius 2 is 1.62 bits per heavy atom. The second-order valence-corrected chi connectivity index (χ2v) is 8.61. The van der Waals surface area contributed by atoms with Gasteiger partial charge in [0.1, 0.15) is 6.54 Å². The van der Waals surface area contributed by atoms with E-state index in [4.69, 9.17) is 0 Å². The Morgan fingerprint density at radius 3 is 2.35 bits per heavy atom. The maximum absolute atomic E-state index is 13.0. The molecule has 2 heterocycles. The number of fused-ring (bicyclic) bond motifs is 1. The van der Waals surface area contributed by atoms with Crippen LogP contribution in [0, 0.1) is 6.92 Å². The van der Waals surface area contributed by atoms with Gasteiger partial charge in [0.05, 0.1) is 12.1 Å². The van der Waals surface area contributed by atoms with Crippen LogP contribution in [0.4, 0.5) is 0 Å². The zero-order chi connectivity index (χ0) is 24.1. The van der Waals surface area contributed by atoms with Gasteiger partial charge in [0, 0.05) is 12.2 Å². The smallest absolute Gasteiger partial charge is 0.318 e. The number of benzene rings is 2. The Bertz CT molecular complexity index is 1410. The summed E-state index contributed by atoms with van der Waals surface area (Å²) >= 11 is 0. The topological polar surface area (TPSA) is 86.0 Å². The highest BCUT2D eigenvalue weighted by Gasteiger charge is 2.17. The molecule has 2 aromatic heterocycles. The monoisotopic (exact) mass is 456 g/mol. The van der Waals surface area contributed by atoms with Crippen LogP contribution < -0.4 is 16.4 Å². The van der Waals surface area contributed by atoms with Gasteiger partial charge in [-0.15, -0.1) is 0 Å². The van der Waals surface area contributed by atoms with Crippen LogP contribution >= 0.6 is 0 Å². The molecule has 0 aliphatic carbocycles. The third-order valence-corrected chi connectivity index (χ3v) is 5.87. The summed E-state index contributed by atoms with van der Waals surface area (Å²) in [4.78, 5) is 43.1. The predicted molar refractivity (Wildman–Crippen MR) is 133 cm³/mol. The van der Waals surface area contributed by atoms with Crippen LogP contribution in [0.2, 0.25) is 0 Å². The predicted octanol–water partition coefficient (Wildman–Crippen LogP) is 3.05. The van der Waals surface area contributed by atoms with Crippen molar-refractivity contribution in [2.45, 2.75) is 45.8 Å². The van der Waals surface area contributed by atoms with Gasteiger partial charge in [-0.2, -0.15) is 0 Å². The minimum Gasteiger partial charge on any atom is -0.352 e. The summed E-state index contributed by atoms with van der Waals surface area (Å²) in [5, 5.41) is 2.94. The second-order valence-electron chi connectivity index (χ2n) is 8.61. The van der Waals surface area contributed by atoms with E-state index in [1.54, 1.807) is 18.3 Å². The van der Waals surface area contributed by atoms with Crippen LogP contribution in [0.3, 0.4) is 0 Å². The molecule has 1 amide bonds. The first-order valence-corrected chi connectivity index (χ1v) is 11.4. The van der Waals surface area contributed by atoms with Crippen molar-refractivity contribution < 1.29 is 4.79 Å². The molecule has 0 unspecified atom stereocenters. The van der Waals surface area contributed by atoms with Crippen molar-refractivity contribution in [1.29, 1.82) is 0 Å². The van der Waals surface area contributed by atoms with Crippen molar-refractivity contribution in [3.05, 3.63) is 110 Å². The van der Waals surface area contributed by atoms with Crippen molar-refractivity contribution in [2.24, 2.45) is 0 Å². The Hall–Kier alpha value is -4.00. The van der Waals surface area contributed by atoms with E-state index in [1.807, 2.05) is 56.3 Å². The van der Waals surface area contributed by atoms with E-state index < -0.39 is 11.1 Å². The number of carbonyl (C=O) groups is 1. The maximum Gasteiger partial charge on any atom is 0.318 e. The molecule has 0 aliphatic rings. The Morgan fingerprint density at radius 1 is 0.912 bits per heavy atom. The lowest BCUT2D eigenvalue weighted by Crippen LogP contribution is -2.45. The van der Waals surface area contributed by atoms with Crippen LogP contribution in [0.15, 0.2) is 82.5 Å². The molecule has 34 heavy (non-hydrogen) atoms. The SMILES string of the molecule is Cc1ccc(Cn2c(=O)c(=O)n(CC(=O)N[C@@H](C)CCc3ccccc3)c3cccnc32)cc1. The van der Waals surface area contributed by atoms with Gasteiger partial charge in [0.15, 0.2) is 5.65 Å². The molecule has 174 valence electrons. The van der Waals surface area contributed by atoms with Gasteiger partial charge < -0.3 is 5.32 Å². The van der Waals surface area contributed by atoms with Gasteiger partial charge >= 0.3 is 11.1 Å². The molecule has 0 spiro atoms. The Kier molecular flexibility index (Phi) is 7.01. The quantitative estimate of drug-likeness (QED) is 0.413. The van der Waals surface area contributed by atoms with Gasteiger partial charge in [-0.1, -0.05) is 60.2 Å². The minimum atomic E-state index is -0.736. The maximum atomic E-state index is 13.0. The number of hydrogen-bond acceptors (Lipinski definition) is 4. The molecule has 0 radical (unpaired) electrons. The second kappa shape index (κ2) is 10.3. The lowest BCUT2D eigenvalue weighted by atomic mass is 10.1. The molecule has 4 aromatic rings. The molecular formula is C27H28N4O3. The summed E-state index contributed by atoms with van der Waals surface area (Å²) in [6, 6.07) is 21.2. The fourth-order valence-electron chi connectivity index (χ4n) is 3.99. The van der Waals surface area contributed by atoms with E-state index in [9.17, 15) is 14.4 Å². The Balaban J connectivity index is 1.55. The molecule has 1 N–H and O–H groups in total. The number of rotatable bonds is 8. The summed E-state index contributed by atoms with van der Waals surface area (Å²) in [6.07, 6.45) is 3.18. The summed E-state index contributed by atoms with van der Waals surface area (Å²) in [7, 11) is 0. The lowest BCUT2D eigenvalue weighted by molar-refractivity contribution is -0.122. The number of nitrogens with zero attached hydrogens (tertiary/aromatic N) is 3. The molecular weight excluding hydrogens is 428 g/mol. The van der Waals surface area contributed by atoms with Gasteiger partial charge in [-0.25, -0.2) is 4.98 Å². The molecule has 0 fully saturated rings. The van der Waals surface area contributed by atoms with E-state index in [0.717, 1.165) is 24.0 Å². The van der Waals surface area contributed by atoms with E-state index in [2.05, 4.69) is 22.4 Å². The first-order valence-electron chi connectivity index (χ1n) is 11.4. The molecule has 0 bridgehead atoms. The van der Waals surface area contributed by atoms with Crippen LogP contribution in [0.1, 0.15) is 30.0 Å². The summed E-state index contributed by atoms with van der Waals surface area (Å²) in [6.45, 7) is 3.91. The van der Waals surface area contributed by atoms with Crippen molar-refractivity contribution in [3.63, 3.8) is 0 Å². The van der Waals surface area contributed by atoms with Gasteiger partial charge in [-0.05, 0) is 49.9 Å². The van der Waals surface area contributed by atoms with E-state index in [-0.39, 0.29) is 25.0 Å². The van der Waals surface area contributed by atoms with Crippen LogP contribution in [-0.2, 0) is 24.3 Å². The number of aryl methyl sites for hydroxylation is 2. The van der Waals surface area contributed by atoms with Crippen molar-refractivity contribution in [3.8, 4) is 0 Å². The fraction of sp³-hybridized carbons (Fsp3) is 0.259.